The highest BCUT2D eigenvalue weighted by molar-refractivity contribution is 7.59. The van der Waals surface area contributed by atoms with E-state index >= 15 is 0 Å². The average molecular weight is 532 g/mol. The second-order valence-corrected chi connectivity index (χ2v) is 23.2. The molecule has 0 aliphatic carbocycles. The molecule has 0 saturated carbocycles. The van der Waals surface area contributed by atoms with Crippen molar-refractivity contribution in [3.05, 3.63) is 117 Å². The minimum Gasteiger partial charge on any atom is -0.0843 e. The molecule has 4 rings (SSSR count). The summed E-state index contributed by atoms with van der Waals surface area (Å²) in [5.74, 6) is 0. The fourth-order valence-electron chi connectivity index (χ4n) is 4.77. The van der Waals surface area contributed by atoms with Crippen LogP contribution in [0.15, 0.2) is 97.1 Å². The van der Waals surface area contributed by atoms with Gasteiger partial charge in [-0.15, -0.1) is 0 Å². The highest BCUT2D eigenvalue weighted by Crippen LogP contribution is 2.24. The molecule has 6 heteroatoms. The summed E-state index contributed by atoms with van der Waals surface area (Å²) >= 11 is 25.2. The average Bonchev–Trinajstić information content (AvgIpc) is 2.78. The van der Waals surface area contributed by atoms with Crippen molar-refractivity contribution in [2.45, 2.75) is 13.1 Å². The van der Waals surface area contributed by atoms with Crippen molar-refractivity contribution in [3.8, 4) is 0 Å². The smallest absolute Gasteiger partial charge is 0.0843 e. The maximum Gasteiger partial charge on any atom is 0.144 e. The summed E-state index contributed by atoms with van der Waals surface area (Å²) < 4.78 is 0. The van der Waals surface area contributed by atoms with Gasteiger partial charge < -0.3 is 0 Å². The van der Waals surface area contributed by atoms with Crippen LogP contribution in [0.5, 0.6) is 0 Å². The van der Waals surface area contributed by atoms with Crippen LogP contribution in [-0.4, -0.2) is 15.2 Å². The molecule has 0 unspecified atom stereocenters. The van der Waals surface area contributed by atoms with Gasteiger partial charge in [-0.25, -0.2) is 0 Å². The minimum atomic E-state index is -2.56. The van der Waals surface area contributed by atoms with Gasteiger partial charge in [-0.3, -0.25) is 0 Å². The van der Waals surface area contributed by atoms with Crippen molar-refractivity contribution in [2.75, 3.05) is 0 Å². The van der Waals surface area contributed by atoms with E-state index in [4.69, 9.17) is 46.4 Å². The van der Waals surface area contributed by atoms with Crippen molar-refractivity contribution in [2.24, 2.45) is 0 Å². The highest BCUT2D eigenvalue weighted by Gasteiger charge is 2.53. The molecule has 0 radical (unpaired) electrons. The van der Waals surface area contributed by atoms with E-state index in [9.17, 15) is 0 Å². The molecule has 0 aliphatic heterocycles. The minimum absolute atomic E-state index is 0.731. The first-order valence-corrected chi connectivity index (χ1v) is 17.8. The number of hydrogen-bond donors (Lipinski definition) is 0. The maximum absolute atomic E-state index is 6.32. The number of benzene rings is 4. The third-order valence-electron chi connectivity index (χ3n) is 6.34. The molecule has 0 N–H and O–H groups in total. The summed E-state index contributed by atoms with van der Waals surface area (Å²) in [6.45, 7) is 4.92. The van der Waals surface area contributed by atoms with Crippen LogP contribution in [0.25, 0.3) is 0 Å². The topological polar surface area (TPSA) is 0 Å². The van der Waals surface area contributed by atoms with Gasteiger partial charge in [0.1, 0.15) is 7.59 Å². The molecule has 0 aliphatic rings. The Morgan fingerprint density at radius 2 is 0.594 bits per heavy atom. The zero-order valence-electron chi connectivity index (χ0n) is 17.7. The lowest BCUT2D eigenvalue weighted by atomic mass is 10.3. The molecule has 162 valence electrons. The van der Waals surface area contributed by atoms with Crippen LogP contribution in [0.3, 0.4) is 0 Å². The normalized spacial score (nSPS) is 12.1. The van der Waals surface area contributed by atoms with Crippen molar-refractivity contribution >= 4 is 82.3 Å². The van der Waals surface area contributed by atoms with Crippen molar-refractivity contribution in [3.63, 3.8) is 0 Å². The summed E-state index contributed by atoms with van der Waals surface area (Å²) in [4.78, 5) is 0. The standard InChI is InChI=1S/C26H22Cl4Si2/c1-31(2,23-11-3-19(27)4-12-23)32(24-13-5-20(28)6-14-24,25-15-7-21(29)8-16-25)26-17-9-22(30)10-18-26/h3-18H,1-2H3. The number of halogens is 4. The van der Waals surface area contributed by atoms with E-state index in [0.717, 1.165) is 20.1 Å². The molecular weight excluding hydrogens is 510 g/mol. The largest absolute Gasteiger partial charge is 0.144 e. The van der Waals surface area contributed by atoms with Crippen molar-refractivity contribution < 1.29 is 0 Å². The molecule has 4 aromatic rings. The lowest BCUT2D eigenvalue weighted by Gasteiger charge is -2.46. The summed E-state index contributed by atoms with van der Waals surface area (Å²) in [5, 5.41) is 8.25. The van der Waals surface area contributed by atoms with Crippen LogP contribution in [-0.2, 0) is 0 Å². The molecule has 0 bridgehead atoms. The molecule has 0 heterocycles. The van der Waals surface area contributed by atoms with Gasteiger partial charge in [0, 0.05) is 20.1 Å². The second-order valence-electron chi connectivity index (χ2n) is 8.40. The third kappa shape index (κ3) is 4.21. The van der Waals surface area contributed by atoms with Gasteiger partial charge in [-0.1, -0.05) is 129 Å². The molecule has 32 heavy (non-hydrogen) atoms. The van der Waals surface area contributed by atoms with Gasteiger partial charge in [-0.2, -0.15) is 0 Å². The van der Waals surface area contributed by atoms with Crippen LogP contribution >= 0.6 is 46.4 Å². The van der Waals surface area contributed by atoms with E-state index in [2.05, 4.69) is 61.6 Å². The van der Waals surface area contributed by atoms with Gasteiger partial charge in [0.05, 0.1) is 7.59 Å². The Morgan fingerprint density at radius 1 is 0.375 bits per heavy atom. The Morgan fingerprint density at radius 3 is 0.844 bits per heavy atom. The van der Waals surface area contributed by atoms with E-state index in [1.165, 1.54) is 20.7 Å². The van der Waals surface area contributed by atoms with Crippen molar-refractivity contribution in [1.82, 2.24) is 0 Å². The van der Waals surface area contributed by atoms with Crippen LogP contribution in [0.2, 0.25) is 33.2 Å². The number of rotatable bonds is 5. The molecule has 0 spiro atoms. The van der Waals surface area contributed by atoms with E-state index in [0.29, 0.717) is 0 Å². The second kappa shape index (κ2) is 9.38. The van der Waals surface area contributed by atoms with Crippen LogP contribution in [0.4, 0.5) is 0 Å². The molecular formula is C26H22Cl4Si2. The molecule has 0 nitrogen and oxygen atoms in total. The van der Waals surface area contributed by atoms with E-state index < -0.39 is 15.2 Å². The predicted octanol–water partition coefficient (Wildman–Crippen LogP) is 6.46. The first kappa shape index (κ1) is 23.6. The monoisotopic (exact) mass is 530 g/mol. The molecule has 0 fully saturated rings. The van der Waals surface area contributed by atoms with E-state index in [-0.39, 0.29) is 0 Å². The molecule has 0 saturated heterocycles. The van der Waals surface area contributed by atoms with Crippen molar-refractivity contribution in [1.29, 1.82) is 0 Å². The van der Waals surface area contributed by atoms with Gasteiger partial charge in [0.25, 0.3) is 0 Å². The first-order chi connectivity index (χ1) is 15.2. The van der Waals surface area contributed by atoms with E-state index in [1.807, 2.05) is 48.5 Å². The van der Waals surface area contributed by atoms with Crippen LogP contribution in [0.1, 0.15) is 0 Å². The predicted molar refractivity (Wildman–Crippen MR) is 148 cm³/mol. The fraction of sp³-hybridized carbons (Fsp3) is 0.0769. The summed E-state index contributed by atoms with van der Waals surface area (Å²) in [7, 11) is -4.76. The zero-order chi connectivity index (χ0) is 22.9. The molecule has 0 amide bonds. The van der Waals surface area contributed by atoms with Gasteiger partial charge in [0.2, 0.25) is 0 Å². The molecule has 0 atom stereocenters. The Hall–Kier alpha value is -1.53. The maximum atomic E-state index is 6.32. The number of hydrogen-bond acceptors (Lipinski definition) is 0. The Balaban J connectivity index is 2.13. The first-order valence-electron chi connectivity index (χ1n) is 10.3. The van der Waals surface area contributed by atoms with Gasteiger partial charge >= 0.3 is 0 Å². The zero-order valence-corrected chi connectivity index (χ0v) is 22.8. The molecule has 0 aromatic heterocycles. The molecule has 4 aromatic carbocycles. The fourth-order valence-corrected chi connectivity index (χ4v) is 21.7. The Bertz CT molecular complexity index is 1090. The summed E-state index contributed by atoms with van der Waals surface area (Å²) in [5.41, 5.74) is 0. The summed E-state index contributed by atoms with van der Waals surface area (Å²) in [6, 6.07) is 33.5. The lowest BCUT2D eigenvalue weighted by molar-refractivity contribution is 1.67. The quantitative estimate of drug-likeness (QED) is 0.204. The van der Waals surface area contributed by atoms with E-state index in [1.54, 1.807) is 0 Å². The SMILES string of the molecule is C[Si](C)(c1ccc(Cl)cc1)[Si](c1ccc(Cl)cc1)(c1ccc(Cl)cc1)c1ccc(Cl)cc1. The summed E-state index contributed by atoms with van der Waals surface area (Å²) in [6.07, 6.45) is 0. The van der Waals surface area contributed by atoms with Gasteiger partial charge in [0.15, 0.2) is 0 Å². The van der Waals surface area contributed by atoms with Crippen LogP contribution < -0.4 is 20.7 Å². The highest BCUT2D eigenvalue weighted by atomic mass is 35.5. The lowest BCUT2D eigenvalue weighted by Crippen LogP contribution is -2.84. The van der Waals surface area contributed by atoms with Gasteiger partial charge in [-0.05, 0) is 48.5 Å². The Kier molecular flexibility index (Phi) is 6.93. The Labute approximate surface area is 211 Å². The third-order valence-corrected chi connectivity index (χ3v) is 23.7. The van der Waals surface area contributed by atoms with Crippen LogP contribution in [0, 0.1) is 0 Å².